The van der Waals surface area contributed by atoms with E-state index in [0.717, 1.165) is 21.0 Å². The van der Waals surface area contributed by atoms with Crippen molar-refractivity contribution in [2.75, 3.05) is 10.2 Å². The molecule has 0 aliphatic carbocycles. The molecule has 0 saturated heterocycles. The van der Waals surface area contributed by atoms with Crippen molar-refractivity contribution in [3.05, 3.63) is 22.1 Å². The maximum Gasteiger partial charge on any atom is 0.336 e. The molecular weight excluding hydrogens is 426 g/mol. The van der Waals surface area contributed by atoms with Crippen molar-refractivity contribution in [3.63, 3.8) is 0 Å². The first-order valence-electron chi connectivity index (χ1n) is 4.06. The number of aryl methyl sites for hydroxylation is 1. The summed E-state index contributed by atoms with van der Waals surface area (Å²) in [6.07, 6.45) is 0. The predicted octanol–water partition coefficient (Wildman–Crippen LogP) is -1.94. The molecule has 0 saturated carbocycles. The third kappa shape index (κ3) is 2.26. The van der Waals surface area contributed by atoms with Crippen LogP contribution in [-0.4, -0.2) is 15.2 Å². The largest absolute Gasteiger partial charge is 1.00 e. The molecular formula is C8H10I2N2OS. The predicted molar refractivity (Wildman–Crippen MR) is 60.6 cm³/mol. The zero-order valence-corrected chi connectivity index (χ0v) is 12.7. The van der Waals surface area contributed by atoms with Crippen LogP contribution in [-0.2, 0) is 0 Å². The lowest BCUT2D eigenvalue weighted by Gasteiger charge is -2.06. The quantitative estimate of drug-likeness (QED) is 0.241. The zero-order chi connectivity index (χ0) is 9.42. The maximum absolute atomic E-state index is 11.2. The highest BCUT2D eigenvalue weighted by Crippen LogP contribution is 2.24. The number of aromatic nitrogens is 2. The van der Waals surface area contributed by atoms with Crippen LogP contribution in [0.2, 0.25) is 0 Å². The van der Waals surface area contributed by atoms with Gasteiger partial charge >= 0.3 is 10.7 Å². The van der Waals surface area contributed by atoms with Crippen LogP contribution in [0.1, 0.15) is 11.7 Å². The number of alkyl halides is 1. The molecule has 1 atom stereocenters. The van der Waals surface area contributed by atoms with Crippen molar-refractivity contribution in [2.45, 2.75) is 18.1 Å². The highest BCUT2D eigenvalue weighted by atomic mass is 127. The van der Waals surface area contributed by atoms with E-state index in [9.17, 15) is 4.79 Å². The van der Waals surface area contributed by atoms with E-state index in [1.54, 1.807) is 17.8 Å². The Bertz CT molecular complexity index is 393. The average molecular weight is 436 g/mol. The molecule has 14 heavy (non-hydrogen) atoms. The summed E-state index contributed by atoms with van der Waals surface area (Å²) in [5.41, 5.74) is 1.07. The molecule has 6 heteroatoms. The van der Waals surface area contributed by atoms with Crippen molar-refractivity contribution in [3.8, 4) is 0 Å². The van der Waals surface area contributed by atoms with Crippen LogP contribution in [0.5, 0.6) is 0 Å². The van der Waals surface area contributed by atoms with E-state index in [0.29, 0.717) is 6.04 Å². The van der Waals surface area contributed by atoms with Gasteiger partial charge in [-0.2, -0.15) is 0 Å². The SMILES string of the molecule is Cc1cc(=O)[nH]c2[n+]1C(CI)CS2.[I-]. The van der Waals surface area contributed by atoms with Gasteiger partial charge < -0.3 is 24.0 Å². The Balaban J connectivity index is 0.000000980. The Hall–Kier alpha value is 0.690. The third-order valence-corrected chi connectivity index (χ3v) is 4.26. The minimum Gasteiger partial charge on any atom is -1.00 e. The number of nitrogens with one attached hydrogen (secondary N) is 1. The number of halogens is 2. The van der Waals surface area contributed by atoms with Crippen LogP contribution in [0.4, 0.5) is 0 Å². The van der Waals surface area contributed by atoms with Gasteiger partial charge in [0.25, 0.3) is 0 Å². The summed E-state index contributed by atoms with van der Waals surface area (Å²) in [6.45, 7) is 1.99. The van der Waals surface area contributed by atoms with Crippen molar-refractivity contribution >= 4 is 34.4 Å². The minimum atomic E-state index is 0. The topological polar surface area (TPSA) is 36.7 Å². The van der Waals surface area contributed by atoms with E-state index in [4.69, 9.17) is 0 Å². The monoisotopic (exact) mass is 436 g/mol. The second-order valence-corrected chi connectivity index (χ2v) is 4.96. The lowest BCUT2D eigenvalue weighted by atomic mass is 10.3. The number of aromatic amines is 1. The first-order chi connectivity index (χ1) is 6.22. The summed E-state index contributed by atoms with van der Waals surface area (Å²) in [4.78, 5) is 14.0. The van der Waals surface area contributed by atoms with Crippen LogP contribution in [0, 0.1) is 6.92 Å². The van der Waals surface area contributed by atoms with Gasteiger partial charge in [0, 0.05) is 10.2 Å². The van der Waals surface area contributed by atoms with Gasteiger partial charge in [0.2, 0.25) is 0 Å². The third-order valence-electron chi connectivity index (χ3n) is 2.12. The minimum absolute atomic E-state index is 0. The van der Waals surface area contributed by atoms with Gasteiger partial charge in [0.1, 0.15) is 11.7 Å². The Morgan fingerprint density at radius 1 is 1.79 bits per heavy atom. The van der Waals surface area contributed by atoms with E-state index >= 15 is 0 Å². The van der Waals surface area contributed by atoms with Crippen LogP contribution < -0.4 is 34.1 Å². The average Bonchev–Trinajstić information content (AvgIpc) is 2.47. The number of fused-ring (bicyclic) bond motifs is 1. The molecule has 1 aromatic rings. The number of H-pyrrole nitrogens is 1. The first kappa shape index (κ1) is 12.8. The number of rotatable bonds is 1. The highest BCUT2D eigenvalue weighted by molar-refractivity contribution is 14.1. The van der Waals surface area contributed by atoms with Gasteiger partial charge in [-0.1, -0.05) is 22.6 Å². The molecule has 1 aromatic heterocycles. The Morgan fingerprint density at radius 3 is 3.14 bits per heavy atom. The summed E-state index contributed by atoms with van der Waals surface area (Å²) in [7, 11) is 0. The Morgan fingerprint density at radius 2 is 2.50 bits per heavy atom. The van der Waals surface area contributed by atoms with Crippen LogP contribution in [0.25, 0.3) is 0 Å². The number of hydrogen-bond donors (Lipinski definition) is 1. The standard InChI is InChI=1S/C8H9IN2OS.HI/c1-5-2-7(12)10-8-11(5)6(3-9)4-13-8;/h2,6H,3-4H2,1H3;1H. The maximum atomic E-state index is 11.2. The lowest BCUT2D eigenvalue weighted by molar-refractivity contribution is -0.752. The molecule has 1 unspecified atom stereocenters. The van der Waals surface area contributed by atoms with Crippen LogP contribution in [0.3, 0.4) is 0 Å². The van der Waals surface area contributed by atoms with Crippen molar-refractivity contribution in [1.82, 2.24) is 4.98 Å². The smallest absolute Gasteiger partial charge is 0.336 e. The van der Waals surface area contributed by atoms with E-state index in [2.05, 4.69) is 32.1 Å². The van der Waals surface area contributed by atoms with Gasteiger partial charge in [-0.05, 0) is 18.7 Å². The molecule has 0 fully saturated rings. The van der Waals surface area contributed by atoms with E-state index in [1.165, 1.54) is 0 Å². The highest BCUT2D eigenvalue weighted by Gasteiger charge is 2.30. The van der Waals surface area contributed by atoms with Gasteiger partial charge in [-0.25, -0.2) is 14.3 Å². The Labute approximate surface area is 117 Å². The van der Waals surface area contributed by atoms with Gasteiger partial charge in [-0.15, -0.1) is 0 Å². The summed E-state index contributed by atoms with van der Waals surface area (Å²) in [5, 5.41) is 1.01. The van der Waals surface area contributed by atoms with Crippen molar-refractivity contribution < 1.29 is 28.5 Å². The van der Waals surface area contributed by atoms with E-state index < -0.39 is 0 Å². The van der Waals surface area contributed by atoms with Gasteiger partial charge in [0.05, 0.1) is 6.07 Å². The molecule has 0 aromatic carbocycles. The fourth-order valence-electron chi connectivity index (χ4n) is 1.54. The molecule has 2 rings (SSSR count). The van der Waals surface area contributed by atoms with Gasteiger partial charge in [0.15, 0.2) is 0 Å². The normalized spacial score (nSPS) is 18.9. The lowest BCUT2D eigenvalue weighted by Crippen LogP contribution is -3.00. The number of hydrogen-bond acceptors (Lipinski definition) is 2. The number of nitrogens with zero attached hydrogens (tertiary/aromatic N) is 1. The molecule has 1 aliphatic heterocycles. The summed E-state index contributed by atoms with van der Waals surface area (Å²) in [5.74, 6) is 1.07. The summed E-state index contributed by atoms with van der Waals surface area (Å²) < 4.78 is 3.31. The molecule has 0 radical (unpaired) electrons. The van der Waals surface area contributed by atoms with Crippen LogP contribution in [0.15, 0.2) is 16.0 Å². The number of thioether (sulfide) groups is 1. The fourth-order valence-corrected chi connectivity index (χ4v) is 3.89. The molecule has 2 heterocycles. The fraction of sp³-hybridized carbons (Fsp3) is 0.500. The molecule has 1 N–H and O–H groups in total. The molecule has 78 valence electrons. The van der Waals surface area contributed by atoms with Crippen LogP contribution >= 0.6 is 34.4 Å². The summed E-state index contributed by atoms with van der Waals surface area (Å²) >= 11 is 4.12. The molecule has 1 aliphatic rings. The van der Waals surface area contributed by atoms with Crippen molar-refractivity contribution in [2.24, 2.45) is 0 Å². The molecule has 0 spiro atoms. The van der Waals surface area contributed by atoms with E-state index in [-0.39, 0.29) is 29.5 Å². The second kappa shape index (κ2) is 5.15. The molecule has 0 amide bonds. The molecule has 3 nitrogen and oxygen atoms in total. The van der Waals surface area contributed by atoms with E-state index in [1.807, 2.05) is 6.92 Å². The first-order valence-corrected chi connectivity index (χ1v) is 6.57. The Kier molecular flexibility index (Phi) is 4.69. The van der Waals surface area contributed by atoms with Gasteiger partial charge in [-0.3, -0.25) is 0 Å². The zero-order valence-electron chi connectivity index (χ0n) is 7.59. The molecule has 0 bridgehead atoms. The summed E-state index contributed by atoms with van der Waals surface area (Å²) in [6, 6.07) is 2.20. The van der Waals surface area contributed by atoms with Crippen molar-refractivity contribution in [1.29, 1.82) is 0 Å². The second-order valence-electron chi connectivity index (χ2n) is 3.07.